The van der Waals surface area contributed by atoms with Crippen molar-refractivity contribution in [3.05, 3.63) is 122 Å². The molecule has 0 N–H and O–H groups in total. The van der Waals surface area contributed by atoms with Crippen LogP contribution in [0.4, 0.5) is 8.78 Å². The molecule has 0 bridgehead atoms. The molecule has 3 aromatic rings. The summed E-state index contributed by atoms with van der Waals surface area (Å²) in [6, 6.07) is 15.6. The molecular weight excluding hydrogens is 494 g/mol. The highest BCUT2D eigenvalue weighted by Crippen LogP contribution is 2.33. The molecule has 0 amide bonds. The van der Waals surface area contributed by atoms with Crippen LogP contribution in [-0.4, -0.2) is 11.9 Å². The van der Waals surface area contributed by atoms with E-state index >= 15 is 0 Å². The van der Waals surface area contributed by atoms with Crippen LogP contribution in [0.1, 0.15) is 13.8 Å². The molecule has 0 saturated carbocycles. The van der Waals surface area contributed by atoms with E-state index in [1.165, 1.54) is 38.5 Å². The van der Waals surface area contributed by atoms with Gasteiger partial charge in [0, 0.05) is 22.3 Å². The Morgan fingerprint density at radius 1 is 0.605 bits per heavy atom. The molecule has 8 heteroatoms. The summed E-state index contributed by atoms with van der Waals surface area (Å²) >= 11 is 0. The lowest BCUT2D eigenvalue weighted by Gasteiger charge is -2.10. The first kappa shape index (κ1) is 27.6. The van der Waals surface area contributed by atoms with Crippen molar-refractivity contribution < 1.29 is 37.3 Å². The van der Waals surface area contributed by atoms with E-state index in [1.807, 2.05) is 0 Å². The minimum absolute atomic E-state index is 0.0816. The van der Waals surface area contributed by atoms with Crippen molar-refractivity contribution in [3.8, 4) is 33.8 Å². The van der Waals surface area contributed by atoms with E-state index in [4.69, 9.17) is 18.9 Å². The van der Waals surface area contributed by atoms with Gasteiger partial charge in [0.15, 0.2) is 11.6 Å². The van der Waals surface area contributed by atoms with Gasteiger partial charge in [0.25, 0.3) is 0 Å². The maximum Gasteiger partial charge on any atom is 0.338 e. The van der Waals surface area contributed by atoms with E-state index in [0.717, 1.165) is 12.5 Å². The van der Waals surface area contributed by atoms with Gasteiger partial charge in [-0.25, -0.2) is 18.4 Å². The SMILES string of the molecule is C=C(C)C(=O)O/C=C\Oc1ccc(-c2ccc(-c3ccc(O/C=C\OC(=O)C(=C)C)cc3)c(F)c2F)cc1. The van der Waals surface area contributed by atoms with Crippen LogP contribution >= 0.6 is 0 Å². The monoisotopic (exact) mass is 518 g/mol. The van der Waals surface area contributed by atoms with Crippen LogP contribution in [0.25, 0.3) is 22.3 Å². The topological polar surface area (TPSA) is 71.1 Å². The molecule has 194 valence electrons. The second kappa shape index (κ2) is 12.8. The van der Waals surface area contributed by atoms with Gasteiger partial charge in [-0.3, -0.25) is 0 Å². The third kappa shape index (κ3) is 7.27. The summed E-state index contributed by atoms with van der Waals surface area (Å²) in [5.74, 6) is -2.35. The molecule has 0 radical (unpaired) electrons. The van der Waals surface area contributed by atoms with Crippen molar-refractivity contribution in [2.45, 2.75) is 13.8 Å². The Bertz CT molecular complexity index is 1300. The van der Waals surface area contributed by atoms with Crippen molar-refractivity contribution in [2.75, 3.05) is 0 Å². The van der Waals surface area contributed by atoms with Crippen LogP contribution in [-0.2, 0) is 19.1 Å². The molecule has 3 rings (SSSR count). The van der Waals surface area contributed by atoms with Gasteiger partial charge in [0.2, 0.25) is 0 Å². The van der Waals surface area contributed by atoms with Gasteiger partial charge in [0.05, 0.1) is 0 Å². The Kier molecular flexibility index (Phi) is 9.31. The van der Waals surface area contributed by atoms with Crippen LogP contribution in [0.5, 0.6) is 11.5 Å². The number of halogens is 2. The molecule has 0 atom stereocenters. The summed E-state index contributed by atoms with van der Waals surface area (Å²) in [6.45, 7) is 9.96. The molecule has 38 heavy (non-hydrogen) atoms. The van der Waals surface area contributed by atoms with E-state index in [0.29, 0.717) is 22.6 Å². The number of esters is 2. The molecule has 0 heterocycles. The van der Waals surface area contributed by atoms with E-state index in [9.17, 15) is 18.4 Å². The highest BCUT2D eigenvalue weighted by atomic mass is 19.2. The number of hydrogen-bond donors (Lipinski definition) is 0. The van der Waals surface area contributed by atoms with Gasteiger partial charge in [-0.15, -0.1) is 0 Å². The van der Waals surface area contributed by atoms with Crippen molar-refractivity contribution in [1.82, 2.24) is 0 Å². The van der Waals surface area contributed by atoms with Gasteiger partial charge < -0.3 is 18.9 Å². The van der Waals surface area contributed by atoms with E-state index < -0.39 is 23.6 Å². The van der Waals surface area contributed by atoms with E-state index in [2.05, 4.69) is 13.2 Å². The first-order chi connectivity index (χ1) is 18.2. The summed E-state index contributed by atoms with van der Waals surface area (Å²) in [5, 5.41) is 0. The lowest BCUT2D eigenvalue weighted by Crippen LogP contribution is -1.99. The fourth-order valence-electron chi connectivity index (χ4n) is 3.01. The number of carbonyl (C=O) groups excluding carboxylic acids is 2. The Morgan fingerprint density at radius 2 is 0.947 bits per heavy atom. The number of carbonyl (C=O) groups is 2. The van der Waals surface area contributed by atoms with Gasteiger partial charge in [-0.1, -0.05) is 49.6 Å². The fourth-order valence-corrected chi connectivity index (χ4v) is 3.01. The van der Waals surface area contributed by atoms with Gasteiger partial charge in [-0.05, 0) is 49.2 Å². The first-order valence-electron chi connectivity index (χ1n) is 11.2. The zero-order chi connectivity index (χ0) is 27.7. The van der Waals surface area contributed by atoms with Crippen LogP contribution < -0.4 is 9.47 Å². The predicted molar refractivity (Wildman–Crippen MR) is 139 cm³/mol. The third-order valence-electron chi connectivity index (χ3n) is 4.98. The molecule has 0 saturated heterocycles. The molecule has 0 unspecified atom stereocenters. The highest BCUT2D eigenvalue weighted by Gasteiger charge is 2.16. The molecule has 3 aromatic carbocycles. The molecule has 6 nitrogen and oxygen atoms in total. The standard InChI is InChI=1S/C30H24F2O6/c1-19(2)29(33)37-17-15-35-23-9-5-21(6-10-23)25-13-14-26(28(32)27(25)31)22-7-11-24(12-8-22)36-16-18-38-30(34)20(3)4/h5-18H,1,3H2,2,4H3/b17-15-,18-16-. The normalized spacial score (nSPS) is 10.8. The first-order valence-corrected chi connectivity index (χ1v) is 11.2. The average molecular weight is 519 g/mol. The summed E-state index contributed by atoms with van der Waals surface area (Å²) in [5.41, 5.74) is 1.55. The minimum atomic E-state index is -0.995. The second-order valence-corrected chi connectivity index (χ2v) is 7.99. The van der Waals surface area contributed by atoms with Crippen molar-refractivity contribution >= 4 is 11.9 Å². The molecule has 0 aromatic heterocycles. The lowest BCUT2D eigenvalue weighted by molar-refractivity contribution is -0.134. The smallest absolute Gasteiger partial charge is 0.338 e. The molecule has 0 aliphatic heterocycles. The summed E-state index contributed by atoms with van der Waals surface area (Å²) in [6.07, 6.45) is 4.51. The number of benzene rings is 3. The Labute approximate surface area is 218 Å². The molecule has 0 aliphatic rings. The fraction of sp³-hybridized carbons (Fsp3) is 0.0667. The Morgan fingerprint density at radius 3 is 1.26 bits per heavy atom. The van der Waals surface area contributed by atoms with Crippen molar-refractivity contribution in [2.24, 2.45) is 0 Å². The van der Waals surface area contributed by atoms with Crippen LogP contribution in [0.15, 0.2) is 110 Å². The largest absolute Gasteiger partial charge is 0.462 e. The van der Waals surface area contributed by atoms with Gasteiger partial charge in [0.1, 0.15) is 36.5 Å². The van der Waals surface area contributed by atoms with Gasteiger partial charge >= 0.3 is 11.9 Å². The zero-order valence-corrected chi connectivity index (χ0v) is 20.7. The molecule has 0 fully saturated rings. The van der Waals surface area contributed by atoms with E-state index in [-0.39, 0.29) is 22.3 Å². The van der Waals surface area contributed by atoms with Gasteiger partial charge in [-0.2, -0.15) is 0 Å². The lowest BCUT2D eigenvalue weighted by atomic mass is 9.98. The number of hydrogen-bond acceptors (Lipinski definition) is 6. The Balaban J connectivity index is 1.66. The third-order valence-corrected chi connectivity index (χ3v) is 4.98. The molecule has 0 aliphatic carbocycles. The zero-order valence-electron chi connectivity index (χ0n) is 20.7. The highest BCUT2D eigenvalue weighted by molar-refractivity contribution is 5.87. The number of ether oxygens (including phenoxy) is 4. The average Bonchev–Trinajstić information content (AvgIpc) is 2.91. The molecule has 0 spiro atoms. The predicted octanol–water partition coefficient (Wildman–Crippen LogP) is 7.24. The summed E-state index contributed by atoms with van der Waals surface area (Å²) in [7, 11) is 0. The van der Waals surface area contributed by atoms with Crippen molar-refractivity contribution in [1.29, 1.82) is 0 Å². The minimum Gasteiger partial charge on any atom is -0.462 e. The quantitative estimate of drug-likeness (QED) is 0.160. The van der Waals surface area contributed by atoms with Crippen LogP contribution in [0.3, 0.4) is 0 Å². The van der Waals surface area contributed by atoms with Crippen molar-refractivity contribution in [3.63, 3.8) is 0 Å². The van der Waals surface area contributed by atoms with E-state index in [1.54, 1.807) is 48.5 Å². The maximum absolute atomic E-state index is 15.0. The number of rotatable bonds is 10. The van der Waals surface area contributed by atoms with Crippen LogP contribution in [0, 0.1) is 11.6 Å². The maximum atomic E-state index is 15.0. The second-order valence-electron chi connectivity index (χ2n) is 7.99. The van der Waals surface area contributed by atoms with Crippen LogP contribution in [0.2, 0.25) is 0 Å². The molecular formula is C30H24F2O6. The summed E-state index contributed by atoms with van der Waals surface area (Å²) < 4.78 is 50.1. The summed E-state index contributed by atoms with van der Waals surface area (Å²) in [4.78, 5) is 22.6. The Hall–Kier alpha value is -4.98.